The number of para-hydroxylation sites is 1. The van der Waals surface area contributed by atoms with Gasteiger partial charge in [-0.2, -0.15) is 0 Å². The Balaban J connectivity index is 1.28. The van der Waals surface area contributed by atoms with Crippen molar-refractivity contribution in [2.75, 3.05) is 37.6 Å². The number of nitrogens with one attached hydrogen (secondary N) is 1. The number of anilines is 1. The van der Waals surface area contributed by atoms with E-state index in [0.29, 0.717) is 18.4 Å². The van der Waals surface area contributed by atoms with Crippen molar-refractivity contribution in [2.45, 2.75) is 57.8 Å². The third-order valence-corrected chi connectivity index (χ3v) is 6.84. The van der Waals surface area contributed by atoms with Gasteiger partial charge in [0.2, 0.25) is 11.8 Å². The number of hydrogen-bond donors (Lipinski definition) is 1. The summed E-state index contributed by atoms with van der Waals surface area (Å²) >= 11 is 0. The summed E-state index contributed by atoms with van der Waals surface area (Å²) in [5, 5.41) is 3.15. The monoisotopic (exact) mass is 383 g/mol. The minimum absolute atomic E-state index is 0.0555. The maximum atomic E-state index is 12.8. The van der Waals surface area contributed by atoms with Gasteiger partial charge in [-0.1, -0.05) is 24.6 Å². The molecule has 0 radical (unpaired) electrons. The Hall–Kier alpha value is -1.88. The predicted molar refractivity (Wildman–Crippen MR) is 111 cm³/mol. The molecule has 2 amide bonds. The van der Waals surface area contributed by atoms with Crippen LogP contribution in [-0.2, 0) is 15.0 Å². The van der Waals surface area contributed by atoms with Crippen LogP contribution in [0.2, 0.25) is 0 Å². The van der Waals surface area contributed by atoms with Crippen LogP contribution in [0.25, 0.3) is 0 Å². The number of amides is 2. The highest BCUT2D eigenvalue weighted by atomic mass is 16.2. The van der Waals surface area contributed by atoms with E-state index in [2.05, 4.69) is 10.2 Å². The molecule has 1 aromatic rings. The Bertz CT molecular complexity index is 748. The highest BCUT2D eigenvalue weighted by Crippen LogP contribution is 2.46. The van der Waals surface area contributed by atoms with Crippen molar-refractivity contribution in [2.24, 2.45) is 5.41 Å². The first kappa shape index (κ1) is 19.4. The molecule has 4 rings (SSSR count). The largest absolute Gasteiger partial charge is 0.355 e. The third-order valence-electron chi connectivity index (χ3n) is 6.84. The second-order valence-corrected chi connectivity index (χ2v) is 9.46. The number of hydrogen-bond acceptors (Lipinski definition) is 3. The smallest absolute Gasteiger partial charge is 0.237 e. The van der Waals surface area contributed by atoms with Gasteiger partial charge in [-0.25, -0.2) is 0 Å². The molecule has 2 fully saturated rings. The van der Waals surface area contributed by atoms with Crippen LogP contribution in [0.1, 0.15) is 57.9 Å². The number of likely N-dealkylation sites (tertiary alicyclic amines) is 1. The molecular formula is C23H33N3O2. The van der Waals surface area contributed by atoms with Gasteiger partial charge >= 0.3 is 0 Å². The van der Waals surface area contributed by atoms with Crippen LogP contribution in [0, 0.1) is 5.41 Å². The Morgan fingerprint density at radius 1 is 1.11 bits per heavy atom. The first-order valence-corrected chi connectivity index (χ1v) is 10.8. The van der Waals surface area contributed by atoms with E-state index < -0.39 is 5.41 Å². The van der Waals surface area contributed by atoms with E-state index in [-0.39, 0.29) is 11.8 Å². The highest BCUT2D eigenvalue weighted by Gasteiger charge is 2.45. The van der Waals surface area contributed by atoms with Crippen molar-refractivity contribution in [1.29, 1.82) is 0 Å². The van der Waals surface area contributed by atoms with Gasteiger partial charge in [0.15, 0.2) is 0 Å². The lowest BCUT2D eigenvalue weighted by Crippen LogP contribution is -2.41. The van der Waals surface area contributed by atoms with Crippen molar-refractivity contribution in [1.82, 2.24) is 10.2 Å². The average Bonchev–Trinajstić information content (AvgIpc) is 3.43. The van der Waals surface area contributed by atoms with Crippen LogP contribution >= 0.6 is 0 Å². The molecule has 0 atom stereocenters. The molecule has 1 aliphatic carbocycles. The minimum Gasteiger partial charge on any atom is -0.355 e. The molecule has 152 valence electrons. The van der Waals surface area contributed by atoms with Crippen molar-refractivity contribution < 1.29 is 9.59 Å². The molecule has 2 heterocycles. The van der Waals surface area contributed by atoms with Crippen molar-refractivity contribution >= 4 is 17.5 Å². The van der Waals surface area contributed by atoms with Crippen LogP contribution in [0.4, 0.5) is 5.69 Å². The zero-order valence-corrected chi connectivity index (χ0v) is 17.3. The maximum Gasteiger partial charge on any atom is 0.237 e. The van der Waals surface area contributed by atoms with Crippen molar-refractivity contribution in [3.8, 4) is 0 Å². The van der Waals surface area contributed by atoms with Gasteiger partial charge in [-0.15, -0.1) is 0 Å². The lowest BCUT2D eigenvalue weighted by atomic mass is 9.86. The number of nitrogens with zero attached hydrogens (tertiary/aromatic N) is 2. The van der Waals surface area contributed by atoms with Crippen LogP contribution in [0.15, 0.2) is 24.3 Å². The van der Waals surface area contributed by atoms with Gasteiger partial charge < -0.3 is 15.1 Å². The number of piperidine rings is 1. The van der Waals surface area contributed by atoms with E-state index in [0.717, 1.165) is 24.3 Å². The molecule has 2 aliphatic heterocycles. The van der Waals surface area contributed by atoms with E-state index in [1.807, 2.05) is 38.1 Å². The van der Waals surface area contributed by atoms with Gasteiger partial charge in [-0.05, 0) is 64.3 Å². The fraction of sp³-hybridized carbons (Fsp3) is 0.652. The van der Waals surface area contributed by atoms with Crippen LogP contribution in [0.5, 0.6) is 0 Å². The van der Waals surface area contributed by atoms with E-state index in [1.165, 1.54) is 45.2 Å². The Morgan fingerprint density at radius 3 is 2.54 bits per heavy atom. The summed E-state index contributed by atoms with van der Waals surface area (Å²) in [4.78, 5) is 29.7. The minimum atomic E-state index is -0.514. The fourth-order valence-corrected chi connectivity index (χ4v) is 4.77. The second kappa shape index (κ2) is 7.51. The van der Waals surface area contributed by atoms with Crippen LogP contribution < -0.4 is 10.2 Å². The lowest BCUT2D eigenvalue weighted by molar-refractivity contribution is -0.122. The topological polar surface area (TPSA) is 52.7 Å². The third kappa shape index (κ3) is 3.82. The average molecular weight is 384 g/mol. The van der Waals surface area contributed by atoms with Crippen molar-refractivity contribution in [3.05, 3.63) is 29.8 Å². The molecule has 5 nitrogen and oxygen atoms in total. The summed E-state index contributed by atoms with van der Waals surface area (Å²) in [6.07, 6.45) is 6.77. The zero-order chi connectivity index (χ0) is 19.8. The Kier molecular flexibility index (Phi) is 5.21. The predicted octanol–water partition coefficient (Wildman–Crippen LogP) is 3.08. The summed E-state index contributed by atoms with van der Waals surface area (Å²) in [7, 11) is 0. The van der Waals surface area contributed by atoms with Gasteiger partial charge in [0.1, 0.15) is 0 Å². The summed E-state index contributed by atoms with van der Waals surface area (Å²) in [5.74, 6) is 0.144. The quantitative estimate of drug-likeness (QED) is 0.787. The highest BCUT2D eigenvalue weighted by molar-refractivity contribution is 6.07. The summed E-state index contributed by atoms with van der Waals surface area (Å²) in [6.45, 7) is 8.70. The van der Waals surface area contributed by atoms with Crippen LogP contribution in [0.3, 0.4) is 0 Å². The van der Waals surface area contributed by atoms with Crippen molar-refractivity contribution in [3.63, 3.8) is 0 Å². The lowest BCUT2D eigenvalue weighted by Gasteiger charge is -2.30. The number of carbonyl (C=O) groups is 2. The number of fused-ring (bicyclic) bond motifs is 1. The van der Waals surface area contributed by atoms with E-state index in [1.54, 1.807) is 4.90 Å². The molecule has 0 spiro atoms. The Morgan fingerprint density at radius 2 is 1.82 bits per heavy atom. The van der Waals surface area contributed by atoms with Gasteiger partial charge in [0.05, 0.1) is 5.41 Å². The van der Waals surface area contributed by atoms with E-state index in [9.17, 15) is 9.59 Å². The number of carbonyl (C=O) groups excluding carboxylic acids is 2. The molecule has 0 bridgehead atoms. The summed E-state index contributed by atoms with van der Waals surface area (Å²) in [6, 6.07) is 7.93. The van der Waals surface area contributed by atoms with E-state index >= 15 is 0 Å². The molecule has 0 unspecified atom stereocenters. The fourth-order valence-electron chi connectivity index (χ4n) is 4.77. The molecule has 1 aromatic carbocycles. The van der Waals surface area contributed by atoms with Gasteiger partial charge in [0, 0.05) is 37.2 Å². The molecule has 5 heteroatoms. The van der Waals surface area contributed by atoms with Gasteiger partial charge in [-0.3, -0.25) is 9.59 Å². The Labute approximate surface area is 168 Å². The summed E-state index contributed by atoms with van der Waals surface area (Å²) in [5.41, 5.74) is 1.79. The molecule has 1 saturated heterocycles. The summed E-state index contributed by atoms with van der Waals surface area (Å²) < 4.78 is 0. The molecule has 28 heavy (non-hydrogen) atoms. The standard InChI is InChI=1S/C23H33N3O2/c1-22(2)18-8-4-5-9-19(18)26(21(22)28)15-10-20(27)24-16-23(11-12-23)17-25-13-6-3-7-14-25/h4-5,8-9H,3,6-7,10-17H2,1-2H3,(H,24,27). The maximum absolute atomic E-state index is 12.8. The number of benzene rings is 1. The van der Waals surface area contributed by atoms with E-state index in [4.69, 9.17) is 0 Å². The molecule has 1 saturated carbocycles. The normalized spacial score (nSPS) is 22.8. The van der Waals surface area contributed by atoms with Gasteiger partial charge in [0.25, 0.3) is 0 Å². The molecule has 3 aliphatic rings. The SMILES string of the molecule is CC1(C)C(=O)N(CCC(=O)NCC2(CN3CCCCC3)CC2)c2ccccc21. The molecule has 1 N–H and O–H groups in total. The first-order chi connectivity index (χ1) is 13.4. The molecule has 0 aromatic heterocycles. The molecular weight excluding hydrogens is 350 g/mol. The first-order valence-electron chi connectivity index (χ1n) is 10.8. The number of rotatable bonds is 7. The second-order valence-electron chi connectivity index (χ2n) is 9.46. The van der Waals surface area contributed by atoms with Crippen LogP contribution in [-0.4, -0.2) is 49.4 Å². The zero-order valence-electron chi connectivity index (χ0n) is 17.3.